The normalized spacial score (nSPS) is 11.9. The molecule has 0 saturated heterocycles. The van der Waals surface area contributed by atoms with E-state index in [0.29, 0.717) is 5.76 Å². The molecule has 7 heteroatoms. The molecule has 2 amide bonds. The molecule has 128 valence electrons. The fourth-order valence-electron chi connectivity index (χ4n) is 2.02. The Bertz CT molecular complexity index is 707. The van der Waals surface area contributed by atoms with Crippen LogP contribution in [0.15, 0.2) is 34.9 Å². The van der Waals surface area contributed by atoms with Crippen LogP contribution in [-0.2, 0) is 4.79 Å². The molecule has 1 aromatic heterocycles. The number of methoxy groups -OCH3 is 1. The first-order chi connectivity index (χ1) is 11.4. The van der Waals surface area contributed by atoms with Gasteiger partial charge in [0.2, 0.25) is 5.91 Å². The third kappa shape index (κ3) is 4.34. The second-order valence-corrected chi connectivity index (χ2v) is 5.66. The second-order valence-electron chi connectivity index (χ2n) is 5.66. The Kier molecular flexibility index (Phi) is 5.57. The molecule has 0 fully saturated rings. The molecule has 1 atom stereocenters. The van der Waals surface area contributed by atoms with Gasteiger partial charge in [-0.05, 0) is 45.0 Å². The first-order valence-electron chi connectivity index (χ1n) is 7.63. The lowest BCUT2D eigenvalue weighted by Crippen LogP contribution is -2.46. The minimum absolute atomic E-state index is 0.00516. The van der Waals surface area contributed by atoms with Gasteiger partial charge in [-0.25, -0.2) is 0 Å². The number of aromatic nitrogens is 1. The number of nitrogens with zero attached hydrogens (tertiary/aromatic N) is 1. The van der Waals surface area contributed by atoms with Crippen molar-refractivity contribution in [3.8, 4) is 17.1 Å². The van der Waals surface area contributed by atoms with Gasteiger partial charge in [0.1, 0.15) is 11.8 Å². The number of carbonyl (C=O) groups is 2. The van der Waals surface area contributed by atoms with Crippen molar-refractivity contribution in [1.82, 2.24) is 15.8 Å². The molecule has 0 aliphatic carbocycles. The Morgan fingerprint density at radius 1 is 1.12 bits per heavy atom. The van der Waals surface area contributed by atoms with Crippen LogP contribution >= 0.6 is 0 Å². The van der Waals surface area contributed by atoms with E-state index in [1.807, 2.05) is 13.8 Å². The van der Waals surface area contributed by atoms with E-state index in [1.165, 1.54) is 6.07 Å². The SMILES string of the molecule is COc1ccc(-c2cc(C(=O)N[C@H](C)C(=O)NC(C)C)no2)cc1. The summed E-state index contributed by atoms with van der Waals surface area (Å²) in [5.41, 5.74) is 0.887. The number of nitrogens with one attached hydrogen (secondary N) is 2. The van der Waals surface area contributed by atoms with Gasteiger partial charge in [0.25, 0.3) is 5.91 Å². The van der Waals surface area contributed by atoms with Crippen molar-refractivity contribution in [2.75, 3.05) is 7.11 Å². The molecule has 0 bridgehead atoms. The highest BCUT2D eigenvalue weighted by Crippen LogP contribution is 2.23. The molecule has 7 nitrogen and oxygen atoms in total. The first-order valence-corrected chi connectivity index (χ1v) is 7.63. The van der Waals surface area contributed by atoms with Crippen molar-refractivity contribution < 1.29 is 18.8 Å². The van der Waals surface area contributed by atoms with Crippen molar-refractivity contribution in [3.63, 3.8) is 0 Å². The zero-order valence-electron chi connectivity index (χ0n) is 14.1. The summed E-state index contributed by atoms with van der Waals surface area (Å²) in [6.45, 7) is 5.32. The number of benzene rings is 1. The zero-order valence-corrected chi connectivity index (χ0v) is 14.1. The molecule has 1 aromatic carbocycles. The maximum absolute atomic E-state index is 12.2. The summed E-state index contributed by atoms with van der Waals surface area (Å²) < 4.78 is 10.3. The van der Waals surface area contributed by atoms with E-state index in [1.54, 1.807) is 38.3 Å². The summed E-state index contributed by atoms with van der Waals surface area (Å²) >= 11 is 0. The van der Waals surface area contributed by atoms with Crippen LogP contribution in [0.5, 0.6) is 5.75 Å². The third-order valence-corrected chi connectivity index (χ3v) is 3.29. The summed E-state index contributed by atoms with van der Waals surface area (Å²) in [6, 6.07) is 8.06. The summed E-state index contributed by atoms with van der Waals surface area (Å²) in [5, 5.41) is 9.08. The van der Waals surface area contributed by atoms with Crippen LogP contribution < -0.4 is 15.4 Å². The van der Waals surface area contributed by atoms with Gasteiger partial charge in [-0.3, -0.25) is 9.59 Å². The summed E-state index contributed by atoms with van der Waals surface area (Å²) in [6.07, 6.45) is 0. The Morgan fingerprint density at radius 2 is 1.79 bits per heavy atom. The van der Waals surface area contributed by atoms with Gasteiger partial charge in [0.05, 0.1) is 7.11 Å². The van der Waals surface area contributed by atoms with E-state index in [-0.39, 0.29) is 17.6 Å². The average Bonchev–Trinajstić information content (AvgIpc) is 3.04. The number of hydrogen-bond acceptors (Lipinski definition) is 5. The van der Waals surface area contributed by atoms with Gasteiger partial charge >= 0.3 is 0 Å². The van der Waals surface area contributed by atoms with Crippen molar-refractivity contribution in [2.45, 2.75) is 32.9 Å². The van der Waals surface area contributed by atoms with E-state index < -0.39 is 11.9 Å². The van der Waals surface area contributed by atoms with Gasteiger partial charge in [-0.2, -0.15) is 0 Å². The van der Waals surface area contributed by atoms with E-state index in [0.717, 1.165) is 11.3 Å². The lowest BCUT2D eigenvalue weighted by molar-refractivity contribution is -0.123. The molecule has 1 heterocycles. The fourth-order valence-corrected chi connectivity index (χ4v) is 2.02. The Morgan fingerprint density at radius 3 is 2.38 bits per heavy atom. The maximum atomic E-state index is 12.2. The summed E-state index contributed by atoms with van der Waals surface area (Å²) in [5.74, 6) is 0.463. The van der Waals surface area contributed by atoms with Crippen LogP contribution in [0.4, 0.5) is 0 Å². The first kappa shape index (κ1) is 17.5. The predicted molar refractivity (Wildman–Crippen MR) is 88.7 cm³/mol. The van der Waals surface area contributed by atoms with Crippen molar-refractivity contribution in [3.05, 3.63) is 36.0 Å². The van der Waals surface area contributed by atoms with Crippen LogP contribution in [-0.4, -0.2) is 36.2 Å². The molecule has 0 aliphatic rings. The van der Waals surface area contributed by atoms with Crippen LogP contribution in [0.25, 0.3) is 11.3 Å². The minimum atomic E-state index is -0.666. The van der Waals surface area contributed by atoms with E-state index in [2.05, 4.69) is 15.8 Å². The molecular weight excluding hydrogens is 310 g/mol. The monoisotopic (exact) mass is 331 g/mol. The molecule has 0 saturated carbocycles. The highest BCUT2D eigenvalue weighted by atomic mass is 16.5. The minimum Gasteiger partial charge on any atom is -0.497 e. The fraction of sp³-hybridized carbons (Fsp3) is 0.353. The lowest BCUT2D eigenvalue weighted by Gasteiger charge is -2.15. The number of rotatable bonds is 6. The van der Waals surface area contributed by atoms with Gasteiger partial charge < -0.3 is 19.9 Å². The maximum Gasteiger partial charge on any atom is 0.274 e. The topological polar surface area (TPSA) is 93.5 Å². The highest BCUT2D eigenvalue weighted by Gasteiger charge is 2.20. The van der Waals surface area contributed by atoms with Crippen LogP contribution in [0.3, 0.4) is 0 Å². The Hall–Kier alpha value is -2.83. The average molecular weight is 331 g/mol. The van der Waals surface area contributed by atoms with Gasteiger partial charge in [-0.1, -0.05) is 5.16 Å². The Labute approximate surface area is 140 Å². The smallest absolute Gasteiger partial charge is 0.274 e. The van der Waals surface area contributed by atoms with Crippen LogP contribution in [0, 0.1) is 0 Å². The molecule has 2 aromatic rings. The van der Waals surface area contributed by atoms with E-state index in [9.17, 15) is 9.59 Å². The van der Waals surface area contributed by atoms with E-state index >= 15 is 0 Å². The standard InChI is InChI=1S/C17H21N3O4/c1-10(2)18-16(21)11(3)19-17(22)14-9-15(24-20-14)12-5-7-13(23-4)8-6-12/h5-11H,1-4H3,(H,18,21)(H,19,22)/t11-/m1/s1. The number of carbonyl (C=O) groups excluding carboxylic acids is 2. The number of amides is 2. The second kappa shape index (κ2) is 7.63. The van der Waals surface area contributed by atoms with Gasteiger partial charge in [-0.15, -0.1) is 0 Å². The quantitative estimate of drug-likeness (QED) is 0.844. The third-order valence-electron chi connectivity index (χ3n) is 3.29. The number of ether oxygens (including phenoxy) is 1. The predicted octanol–water partition coefficient (Wildman–Crippen LogP) is 1.99. The van der Waals surface area contributed by atoms with Crippen LogP contribution in [0.2, 0.25) is 0 Å². The Balaban J connectivity index is 2.03. The lowest BCUT2D eigenvalue weighted by atomic mass is 10.1. The highest BCUT2D eigenvalue weighted by molar-refractivity contribution is 5.96. The van der Waals surface area contributed by atoms with Crippen molar-refractivity contribution >= 4 is 11.8 Å². The molecular formula is C17H21N3O4. The van der Waals surface area contributed by atoms with Crippen LogP contribution in [0.1, 0.15) is 31.3 Å². The summed E-state index contributed by atoms with van der Waals surface area (Å²) in [4.78, 5) is 24.0. The molecule has 0 radical (unpaired) electrons. The molecule has 0 aliphatic heterocycles. The van der Waals surface area contributed by atoms with Crippen molar-refractivity contribution in [2.24, 2.45) is 0 Å². The molecule has 24 heavy (non-hydrogen) atoms. The molecule has 0 spiro atoms. The van der Waals surface area contributed by atoms with Gasteiger partial charge in [0.15, 0.2) is 11.5 Å². The van der Waals surface area contributed by atoms with Gasteiger partial charge in [0, 0.05) is 17.7 Å². The molecule has 2 N–H and O–H groups in total. The zero-order chi connectivity index (χ0) is 17.7. The van der Waals surface area contributed by atoms with Crippen molar-refractivity contribution in [1.29, 1.82) is 0 Å². The van der Waals surface area contributed by atoms with E-state index in [4.69, 9.17) is 9.26 Å². The molecule has 2 rings (SSSR count). The molecule has 0 unspecified atom stereocenters. The summed E-state index contributed by atoms with van der Waals surface area (Å²) in [7, 11) is 1.59. The number of hydrogen-bond donors (Lipinski definition) is 2. The largest absolute Gasteiger partial charge is 0.497 e.